The zero-order valence-corrected chi connectivity index (χ0v) is 16.0. The molecule has 0 heterocycles. The molecule has 2 N–H and O–H groups in total. The predicted molar refractivity (Wildman–Crippen MR) is 107 cm³/mol. The number of anilines is 1. The third-order valence-corrected chi connectivity index (χ3v) is 4.99. The Morgan fingerprint density at radius 1 is 0.963 bits per heavy atom. The molecule has 0 radical (unpaired) electrons. The van der Waals surface area contributed by atoms with Crippen molar-refractivity contribution >= 4 is 29.1 Å². The van der Waals surface area contributed by atoms with Gasteiger partial charge < -0.3 is 15.4 Å². The zero-order chi connectivity index (χ0) is 19.2. The van der Waals surface area contributed by atoms with E-state index in [0.29, 0.717) is 27.6 Å². The normalized spacial score (nSPS) is 14.4. The molecule has 2 aromatic rings. The van der Waals surface area contributed by atoms with E-state index in [9.17, 15) is 9.59 Å². The number of amides is 2. The minimum absolute atomic E-state index is 0.0923. The van der Waals surface area contributed by atoms with Crippen LogP contribution in [0.1, 0.15) is 52.8 Å². The van der Waals surface area contributed by atoms with Crippen molar-refractivity contribution < 1.29 is 14.3 Å². The molecule has 1 aliphatic carbocycles. The summed E-state index contributed by atoms with van der Waals surface area (Å²) in [6.45, 7) is 0. The van der Waals surface area contributed by atoms with Crippen LogP contribution in [0, 0.1) is 0 Å². The highest BCUT2D eigenvalue weighted by Crippen LogP contribution is 2.28. The number of hydrogen-bond acceptors (Lipinski definition) is 3. The summed E-state index contributed by atoms with van der Waals surface area (Å²) in [4.78, 5) is 24.8. The molecule has 0 aliphatic heterocycles. The topological polar surface area (TPSA) is 67.4 Å². The Hall–Kier alpha value is -2.53. The standard InChI is InChI=1S/C21H23ClN2O3/c1-27-19-12-11-16(22)13-18(19)24-21(26)15-9-7-14(8-10-15)20(25)23-17-5-3-2-4-6-17/h7-13,17H,2-6H2,1H3,(H,23,25)(H,24,26). The summed E-state index contributed by atoms with van der Waals surface area (Å²) in [5, 5.41) is 6.36. The first-order valence-corrected chi connectivity index (χ1v) is 9.50. The maximum Gasteiger partial charge on any atom is 0.255 e. The SMILES string of the molecule is COc1ccc(Cl)cc1NC(=O)c1ccc(C(=O)NC2CCCCC2)cc1. The smallest absolute Gasteiger partial charge is 0.255 e. The average molecular weight is 387 g/mol. The van der Waals surface area contributed by atoms with Crippen LogP contribution >= 0.6 is 11.6 Å². The molecule has 0 unspecified atom stereocenters. The van der Waals surface area contributed by atoms with E-state index in [0.717, 1.165) is 25.7 Å². The molecular formula is C21H23ClN2O3. The molecule has 0 bridgehead atoms. The van der Waals surface area contributed by atoms with E-state index in [4.69, 9.17) is 16.3 Å². The van der Waals surface area contributed by atoms with Crippen molar-refractivity contribution in [2.45, 2.75) is 38.1 Å². The fourth-order valence-corrected chi connectivity index (χ4v) is 3.43. The van der Waals surface area contributed by atoms with Gasteiger partial charge >= 0.3 is 0 Å². The highest BCUT2D eigenvalue weighted by molar-refractivity contribution is 6.31. The molecule has 27 heavy (non-hydrogen) atoms. The number of carbonyl (C=O) groups excluding carboxylic acids is 2. The first-order valence-electron chi connectivity index (χ1n) is 9.12. The zero-order valence-electron chi connectivity index (χ0n) is 15.3. The van der Waals surface area contributed by atoms with E-state index in [2.05, 4.69) is 10.6 Å². The summed E-state index contributed by atoms with van der Waals surface area (Å²) in [6.07, 6.45) is 5.64. The molecule has 5 nitrogen and oxygen atoms in total. The molecule has 0 aromatic heterocycles. The third-order valence-electron chi connectivity index (χ3n) is 4.76. The van der Waals surface area contributed by atoms with E-state index in [-0.39, 0.29) is 17.9 Å². The van der Waals surface area contributed by atoms with Crippen LogP contribution < -0.4 is 15.4 Å². The molecule has 1 saturated carbocycles. The first-order chi connectivity index (χ1) is 13.1. The Morgan fingerprint density at radius 2 is 1.59 bits per heavy atom. The fourth-order valence-electron chi connectivity index (χ4n) is 3.26. The Labute approximate surface area is 164 Å². The van der Waals surface area contributed by atoms with Gasteiger partial charge in [-0.25, -0.2) is 0 Å². The number of carbonyl (C=O) groups is 2. The van der Waals surface area contributed by atoms with Gasteiger partial charge in [-0.3, -0.25) is 9.59 Å². The summed E-state index contributed by atoms with van der Waals surface area (Å²) in [6, 6.07) is 11.9. The van der Waals surface area contributed by atoms with Crippen LogP contribution in [0.25, 0.3) is 0 Å². The Balaban J connectivity index is 1.65. The van der Waals surface area contributed by atoms with Gasteiger partial charge in [-0.2, -0.15) is 0 Å². The average Bonchev–Trinajstić information content (AvgIpc) is 2.69. The van der Waals surface area contributed by atoms with Crippen LogP contribution in [0.3, 0.4) is 0 Å². The van der Waals surface area contributed by atoms with Crippen LogP contribution in [-0.2, 0) is 0 Å². The molecule has 0 spiro atoms. The van der Waals surface area contributed by atoms with Crippen molar-refractivity contribution in [3.63, 3.8) is 0 Å². The van der Waals surface area contributed by atoms with Crippen LogP contribution in [0.4, 0.5) is 5.69 Å². The highest BCUT2D eigenvalue weighted by Gasteiger charge is 2.17. The van der Waals surface area contributed by atoms with Crippen molar-refractivity contribution in [1.82, 2.24) is 5.32 Å². The maximum absolute atomic E-state index is 12.5. The molecule has 142 valence electrons. The van der Waals surface area contributed by atoms with Crippen molar-refractivity contribution in [3.8, 4) is 5.75 Å². The molecule has 2 amide bonds. The van der Waals surface area contributed by atoms with Gasteiger partial charge in [0.1, 0.15) is 5.75 Å². The number of hydrogen-bond donors (Lipinski definition) is 2. The summed E-state index contributed by atoms with van der Waals surface area (Å²) in [5.74, 6) is 0.136. The van der Waals surface area contributed by atoms with Gasteiger partial charge in [0.2, 0.25) is 0 Å². The Bertz CT molecular complexity index is 815. The molecule has 1 fully saturated rings. The minimum atomic E-state index is -0.296. The van der Waals surface area contributed by atoms with Gasteiger partial charge in [-0.15, -0.1) is 0 Å². The molecule has 1 aliphatic rings. The number of halogens is 1. The molecule has 6 heteroatoms. The van der Waals surface area contributed by atoms with E-state index >= 15 is 0 Å². The van der Waals surface area contributed by atoms with Gasteiger partial charge in [0.15, 0.2) is 0 Å². The lowest BCUT2D eigenvalue weighted by atomic mass is 9.95. The summed E-state index contributed by atoms with van der Waals surface area (Å²) < 4.78 is 5.23. The van der Waals surface area contributed by atoms with Gasteiger partial charge in [-0.1, -0.05) is 30.9 Å². The third kappa shape index (κ3) is 5.01. The van der Waals surface area contributed by atoms with Gasteiger partial charge in [-0.05, 0) is 55.3 Å². The van der Waals surface area contributed by atoms with Crippen LogP contribution in [0.5, 0.6) is 5.75 Å². The van der Waals surface area contributed by atoms with Gasteiger partial charge in [0.05, 0.1) is 12.8 Å². The molecule has 2 aromatic carbocycles. The van der Waals surface area contributed by atoms with Crippen LogP contribution in [0.15, 0.2) is 42.5 Å². The van der Waals surface area contributed by atoms with E-state index in [1.54, 1.807) is 42.5 Å². The van der Waals surface area contributed by atoms with Crippen molar-refractivity contribution in [1.29, 1.82) is 0 Å². The quantitative estimate of drug-likeness (QED) is 0.785. The molecule has 0 saturated heterocycles. The number of methoxy groups -OCH3 is 1. The lowest BCUT2D eigenvalue weighted by molar-refractivity contribution is 0.0926. The summed E-state index contributed by atoms with van der Waals surface area (Å²) >= 11 is 5.99. The molecule has 3 rings (SSSR count). The second-order valence-corrected chi connectivity index (χ2v) is 7.12. The van der Waals surface area contributed by atoms with E-state index in [1.807, 2.05) is 0 Å². The second-order valence-electron chi connectivity index (χ2n) is 6.68. The Kier molecular flexibility index (Phi) is 6.35. The summed E-state index contributed by atoms with van der Waals surface area (Å²) in [7, 11) is 1.53. The monoisotopic (exact) mass is 386 g/mol. The van der Waals surface area contributed by atoms with Gasteiger partial charge in [0, 0.05) is 22.2 Å². The van der Waals surface area contributed by atoms with Crippen LogP contribution in [-0.4, -0.2) is 25.0 Å². The lowest BCUT2D eigenvalue weighted by Gasteiger charge is -2.22. The number of rotatable bonds is 5. The number of benzene rings is 2. The van der Waals surface area contributed by atoms with Crippen LogP contribution in [0.2, 0.25) is 5.02 Å². The highest BCUT2D eigenvalue weighted by atomic mass is 35.5. The first kappa shape index (κ1) is 19.2. The molecular weight excluding hydrogens is 364 g/mol. The largest absolute Gasteiger partial charge is 0.495 e. The second kappa shape index (κ2) is 8.91. The number of nitrogens with one attached hydrogen (secondary N) is 2. The van der Waals surface area contributed by atoms with Crippen molar-refractivity contribution in [2.24, 2.45) is 0 Å². The maximum atomic E-state index is 12.5. The van der Waals surface area contributed by atoms with Gasteiger partial charge in [0.25, 0.3) is 11.8 Å². The van der Waals surface area contributed by atoms with E-state index < -0.39 is 0 Å². The number of ether oxygens (including phenoxy) is 1. The van der Waals surface area contributed by atoms with E-state index in [1.165, 1.54) is 13.5 Å². The summed E-state index contributed by atoms with van der Waals surface area (Å²) in [5.41, 5.74) is 1.50. The minimum Gasteiger partial charge on any atom is -0.495 e. The van der Waals surface area contributed by atoms with Crippen molar-refractivity contribution in [3.05, 3.63) is 58.6 Å². The fraction of sp³-hybridized carbons (Fsp3) is 0.333. The molecule has 0 atom stereocenters. The predicted octanol–water partition coefficient (Wildman–Crippen LogP) is 4.66. The van der Waals surface area contributed by atoms with Crippen molar-refractivity contribution in [2.75, 3.05) is 12.4 Å². The lowest BCUT2D eigenvalue weighted by Crippen LogP contribution is -2.36. The Morgan fingerprint density at radius 3 is 2.22 bits per heavy atom.